The number of nitrogens with one attached hydrogen (secondary N) is 1. The number of alkyl halides is 1. The fourth-order valence-corrected chi connectivity index (χ4v) is 2.32. The molecule has 1 atom stereocenters. The van der Waals surface area contributed by atoms with E-state index in [0.717, 1.165) is 28.8 Å². The number of hydrogen-bond acceptors (Lipinski definition) is 4. The van der Waals surface area contributed by atoms with Crippen molar-refractivity contribution in [3.05, 3.63) is 42.2 Å². The number of halogens is 1. The van der Waals surface area contributed by atoms with Gasteiger partial charge in [0.05, 0.1) is 24.1 Å². The summed E-state index contributed by atoms with van der Waals surface area (Å²) in [4.78, 5) is 11.3. The zero-order chi connectivity index (χ0) is 16.7. The van der Waals surface area contributed by atoms with E-state index in [1.165, 1.54) is 6.92 Å². The molecular formula is C17H22IN3O2. The molecule has 1 N–H and O–H groups in total. The Labute approximate surface area is 150 Å². The zero-order valence-corrected chi connectivity index (χ0v) is 15.6. The van der Waals surface area contributed by atoms with Crippen LogP contribution in [0.1, 0.15) is 30.6 Å². The summed E-state index contributed by atoms with van der Waals surface area (Å²) in [5.41, 5.74) is 1.51. The molecule has 0 amide bonds. The third-order valence-corrected chi connectivity index (χ3v) is 4.73. The molecule has 0 saturated carbocycles. The number of Topliss-reactive ketones (excluding diaryl/α,β-unsaturated/α-hetero) is 1. The smallest absolute Gasteiger partial charge is 0.162 e. The van der Waals surface area contributed by atoms with Crippen molar-refractivity contribution in [2.75, 3.05) is 17.6 Å². The van der Waals surface area contributed by atoms with E-state index in [9.17, 15) is 4.79 Å². The van der Waals surface area contributed by atoms with Crippen LogP contribution in [0, 0.1) is 0 Å². The summed E-state index contributed by atoms with van der Waals surface area (Å²) >= 11 is 2.38. The lowest BCUT2D eigenvalue weighted by molar-refractivity contribution is 0.101. The van der Waals surface area contributed by atoms with Crippen LogP contribution in [0.2, 0.25) is 0 Å². The largest absolute Gasteiger partial charge is 0.494 e. The van der Waals surface area contributed by atoms with E-state index < -0.39 is 0 Å². The fourth-order valence-electron chi connectivity index (χ4n) is 2.01. The van der Waals surface area contributed by atoms with Gasteiger partial charge in [-0.2, -0.15) is 5.10 Å². The quantitative estimate of drug-likeness (QED) is 0.289. The van der Waals surface area contributed by atoms with E-state index in [1.54, 1.807) is 17.1 Å². The van der Waals surface area contributed by atoms with Crippen LogP contribution in [-0.2, 0) is 0 Å². The fraction of sp³-hybridized carbons (Fsp3) is 0.412. The van der Waals surface area contributed by atoms with E-state index in [1.807, 2.05) is 24.3 Å². The van der Waals surface area contributed by atoms with E-state index >= 15 is 0 Å². The van der Waals surface area contributed by atoms with Gasteiger partial charge in [0, 0.05) is 16.7 Å². The standard InChI is InChI=1S/C17H22IN3O2/c1-13(10-18)19-8-3-9-23-17-6-4-16(5-7-17)21-12-15(11-20-21)14(2)22/h4-7,11-13,19H,3,8-10H2,1-2H3/t13-/m1/s1. The molecule has 0 aliphatic carbocycles. The van der Waals surface area contributed by atoms with Crippen molar-refractivity contribution >= 4 is 28.4 Å². The van der Waals surface area contributed by atoms with Crippen molar-refractivity contribution in [2.45, 2.75) is 26.3 Å². The molecule has 1 aromatic carbocycles. The van der Waals surface area contributed by atoms with Gasteiger partial charge in [0.25, 0.3) is 0 Å². The highest BCUT2D eigenvalue weighted by atomic mass is 127. The van der Waals surface area contributed by atoms with Gasteiger partial charge in [0.2, 0.25) is 0 Å². The zero-order valence-electron chi connectivity index (χ0n) is 13.5. The van der Waals surface area contributed by atoms with E-state index in [2.05, 4.69) is 39.9 Å². The Morgan fingerprint density at radius 3 is 2.74 bits per heavy atom. The second-order valence-corrected chi connectivity index (χ2v) is 6.32. The van der Waals surface area contributed by atoms with Crippen LogP contribution in [0.15, 0.2) is 36.7 Å². The van der Waals surface area contributed by atoms with Gasteiger partial charge in [0.1, 0.15) is 5.75 Å². The van der Waals surface area contributed by atoms with Crippen LogP contribution in [0.5, 0.6) is 5.75 Å². The second-order valence-electron chi connectivity index (χ2n) is 5.44. The molecule has 0 aliphatic rings. The van der Waals surface area contributed by atoms with Crippen molar-refractivity contribution in [3.63, 3.8) is 0 Å². The number of benzene rings is 1. The lowest BCUT2D eigenvalue weighted by Gasteiger charge is -2.11. The summed E-state index contributed by atoms with van der Waals surface area (Å²) in [6.07, 6.45) is 4.29. The van der Waals surface area contributed by atoms with Gasteiger partial charge in [-0.1, -0.05) is 22.6 Å². The van der Waals surface area contributed by atoms with Gasteiger partial charge < -0.3 is 10.1 Å². The highest BCUT2D eigenvalue weighted by Crippen LogP contribution is 2.15. The van der Waals surface area contributed by atoms with Crippen molar-refractivity contribution < 1.29 is 9.53 Å². The number of aromatic nitrogens is 2. The van der Waals surface area contributed by atoms with Crippen LogP contribution in [-0.4, -0.2) is 39.2 Å². The minimum absolute atomic E-state index is 0.0155. The van der Waals surface area contributed by atoms with Crippen molar-refractivity contribution in [3.8, 4) is 11.4 Å². The van der Waals surface area contributed by atoms with Crippen LogP contribution in [0.3, 0.4) is 0 Å². The van der Waals surface area contributed by atoms with E-state index in [-0.39, 0.29) is 5.78 Å². The SMILES string of the molecule is CC(=O)c1cnn(-c2ccc(OCCCN[C@H](C)CI)cc2)c1. The highest BCUT2D eigenvalue weighted by molar-refractivity contribution is 14.1. The Bertz CT molecular complexity index is 625. The number of nitrogens with zero attached hydrogens (tertiary/aromatic N) is 2. The molecule has 1 heterocycles. The van der Waals surface area contributed by atoms with Gasteiger partial charge in [-0.3, -0.25) is 4.79 Å². The van der Waals surface area contributed by atoms with Crippen molar-refractivity contribution in [1.82, 2.24) is 15.1 Å². The lowest BCUT2D eigenvalue weighted by Crippen LogP contribution is -2.28. The van der Waals surface area contributed by atoms with Gasteiger partial charge in [-0.25, -0.2) is 4.68 Å². The monoisotopic (exact) mass is 427 g/mol. The maximum absolute atomic E-state index is 11.3. The second kappa shape index (κ2) is 9.02. The molecule has 6 heteroatoms. The average Bonchev–Trinajstić information content (AvgIpc) is 3.05. The third kappa shape index (κ3) is 5.62. The molecule has 0 unspecified atom stereocenters. The molecule has 0 fully saturated rings. The number of ketones is 1. The maximum Gasteiger partial charge on any atom is 0.162 e. The van der Waals surface area contributed by atoms with Gasteiger partial charge in [0.15, 0.2) is 5.78 Å². The Balaban J connectivity index is 1.81. The van der Waals surface area contributed by atoms with Gasteiger partial charge in [-0.15, -0.1) is 0 Å². The minimum Gasteiger partial charge on any atom is -0.494 e. The third-order valence-electron chi connectivity index (χ3n) is 3.40. The minimum atomic E-state index is 0.0155. The van der Waals surface area contributed by atoms with Gasteiger partial charge >= 0.3 is 0 Å². The Kier molecular flexibility index (Phi) is 7.04. The predicted octanol–water partition coefficient (Wildman–Crippen LogP) is 3.26. The van der Waals surface area contributed by atoms with Crippen LogP contribution in [0.4, 0.5) is 0 Å². The first-order chi connectivity index (χ1) is 11.1. The number of ether oxygens (including phenoxy) is 1. The molecule has 2 aromatic rings. The number of hydrogen-bond donors (Lipinski definition) is 1. The molecule has 0 saturated heterocycles. The van der Waals surface area contributed by atoms with Crippen LogP contribution < -0.4 is 10.1 Å². The normalized spacial score (nSPS) is 12.1. The summed E-state index contributed by atoms with van der Waals surface area (Å²) in [6.45, 7) is 5.37. The highest BCUT2D eigenvalue weighted by Gasteiger charge is 2.05. The van der Waals surface area contributed by atoms with Crippen molar-refractivity contribution in [1.29, 1.82) is 0 Å². The average molecular weight is 427 g/mol. The molecule has 0 aliphatic heterocycles. The first-order valence-electron chi connectivity index (χ1n) is 7.68. The molecule has 0 spiro atoms. The van der Waals surface area contributed by atoms with Crippen molar-refractivity contribution in [2.24, 2.45) is 0 Å². The molecular weight excluding hydrogens is 405 g/mol. The van der Waals surface area contributed by atoms with Gasteiger partial charge in [-0.05, 0) is 51.1 Å². The molecule has 5 nitrogen and oxygen atoms in total. The Morgan fingerprint density at radius 2 is 2.13 bits per heavy atom. The van der Waals surface area contributed by atoms with E-state index in [4.69, 9.17) is 4.74 Å². The van der Waals surface area contributed by atoms with Crippen LogP contribution in [0.25, 0.3) is 5.69 Å². The lowest BCUT2D eigenvalue weighted by atomic mass is 10.2. The van der Waals surface area contributed by atoms with Crippen LogP contribution >= 0.6 is 22.6 Å². The molecule has 2 rings (SSSR count). The number of carbonyl (C=O) groups is 1. The molecule has 23 heavy (non-hydrogen) atoms. The summed E-state index contributed by atoms with van der Waals surface area (Å²) in [6, 6.07) is 8.26. The predicted molar refractivity (Wildman–Crippen MR) is 100 cm³/mol. The summed E-state index contributed by atoms with van der Waals surface area (Å²) in [5, 5.41) is 7.63. The van der Waals surface area contributed by atoms with E-state index in [0.29, 0.717) is 18.2 Å². The molecule has 0 bridgehead atoms. The molecule has 1 aromatic heterocycles. The number of carbonyl (C=O) groups excluding carboxylic acids is 1. The molecule has 124 valence electrons. The maximum atomic E-state index is 11.3. The molecule has 0 radical (unpaired) electrons. The topological polar surface area (TPSA) is 56.2 Å². The number of rotatable bonds is 9. The Hall–Kier alpha value is -1.41. The summed E-state index contributed by atoms with van der Waals surface area (Å²) in [7, 11) is 0. The summed E-state index contributed by atoms with van der Waals surface area (Å²) < 4.78 is 8.53. The summed E-state index contributed by atoms with van der Waals surface area (Å²) in [5.74, 6) is 0.858. The first kappa shape index (κ1) is 17.9. The Morgan fingerprint density at radius 1 is 1.39 bits per heavy atom. The first-order valence-corrected chi connectivity index (χ1v) is 9.21.